The average Bonchev–Trinajstić information content (AvgIpc) is 2.13. The van der Waals surface area contributed by atoms with Gasteiger partial charge in [-0.1, -0.05) is 0 Å². The van der Waals surface area contributed by atoms with Crippen molar-refractivity contribution in [1.29, 1.82) is 0 Å². The largest absolute Gasteiger partial charge is 0.369 e. The fraction of sp³-hybridized carbons (Fsp3) is 0.667. The second-order valence-corrected chi connectivity index (χ2v) is 2.58. The number of nitrogens with two attached hydrogens (primary N) is 1. The Bertz CT molecular complexity index is 179. The Labute approximate surface area is 59.0 Å². The summed E-state index contributed by atoms with van der Waals surface area (Å²) in [6.45, 7) is 0.480. The van der Waals surface area contributed by atoms with Crippen LogP contribution in [0, 0.1) is 5.92 Å². The van der Waals surface area contributed by atoms with Gasteiger partial charge in [-0.2, -0.15) is 0 Å². The maximum atomic E-state index is 10.8. The van der Waals surface area contributed by atoms with Gasteiger partial charge in [0.2, 0.25) is 11.8 Å². The summed E-state index contributed by atoms with van der Waals surface area (Å²) in [6, 6.07) is 0. The van der Waals surface area contributed by atoms with Crippen LogP contribution in [0.2, 0.25) is 0 Å². The lowest BCUT2D eigenvalue weighted by atomic mass is 10.1. The van der Waals surface area contributed by atoms with Crippen LogP contribution in [0.25, 0.3) is 0 Å². The molecule has 0 aromatic rings. The molecule has 0 unspecified atom stereocenters. The van der Waals surface area contributed by atoms with Gasteiger partial charge in [-0.25, -0.2) is 0 Å². The predicted octanol–water partition coefficient (Wildman–Crippen LogP) is -1.05. The Balaban J connectivity index is 2.57. The molecule has 0 saturated carbocycles. The summed E-state index contributed by atoms with van der Waals surface area (Å²) in [5, 5.41) is 0. The lowest BCUT2D eigenvalue weighted by Gasteiger charge is -2.05. The van der Waals surface area contributed by atoms with Crippen LogP contribution in [-0.2, 0) is 9.59 Å². The van der Waals surface area contributed by atoms with E-state index in [2.05, 4.69) is 0 Å². The Kier molecular flexibility index (Phi) is 1.61. The number of rotatable bonds is 1. The number of likely N-dealkylation sites (tertiary alicyclic amines) is 1. The number of carbonyl (C=O) groups excluding carboxylic acids is 2. The minimum Gasteiger partial charge on any atom is -0.369 e. The number of carbonyl (C=O) groups is 2. The summed E-state index contributed by atoms with van der Waals surface area (Å²) >= 11 is 0. The molecule has 1 atom stereocenters. The van der Waals surface area contributed by atoms with Gasteiger partial charge in [-0.05, 0) is 0 Å². The molecule has 0 aromatic carbocycles. The fourth-order valence-electron chi connectivity index (χ4n) is 1.05. The first-order valence-electron chi connectivity index (χ1n) is 3.14. The van der Waals surface area contributed by atoms with Crippen molar-refractivity contribution < 1.29 is 9.59 Å². The van der Waals surface area contributed by atoms with E-state index < -0.39 is 0 Å². The Morgan fingerprint density at radius 1 is 1.80 bits per heavy atom. The van der Waals surface area contributed by atoms with E-state index in [1.165, 1.54) is 4.90 Å². The zero-order valence-electron chi connectivity index (χ0n) is 5.83. The lowest BCUT2D eigenvalue weighted by molar-refractivity contribution is -0.127. The maximum absolute atomic E-state index is 10.8. The van der Waals surface area contributed by atoms with Crippen LogP contribution in [0.1, 0.15) is 6.42 Å². The van der Waals surface area contributed by atoms with E-state index in [-0.39, 0.29) is 24.2 Å². The number of primary amides is 1. The molecule has 0 aliphatic carbocycles. The van der Waals surface area contributed by atoms with Gasteiger partial charge in [0.05, 0.1) is 5.92 Å². The lowest BCUT2D eigenvalue weighted by Crippen LogP contribution is -2.25. The van der Waals surface area contributed by atoms with Crippen molar-refractivity contribution in [2.45, 2.75) is 6.42 Å². The molecule has 1 aliphatic heterocycles. The molecule has 1 rings (SSSR count). The monoisotopic (exact) mass is 142 g/mol. The van der Waals surface area contributed by atoms with Gasteiger partial charge in [-0.3, -0.25) is 9.59 Å². The quantitative estimate of drug-likeness (QED) is 0.507. The van der Waals surface area contributed by atoms with Crippen LogP contribution >= 0.6 is 0 Å². The average molecular weight is 142 g/mol. The predicted molar refractivity (Wildman–Crippen MR) is 34.9 cm³/mol. The second kappa shape index (κ2) is 2.28. The minimum absolute atomic E-state index is 0.00352. The number of hydrogen-bond donors (Lipinski definition) is 1. The molecule has 10 heavy (non-hydrogen) atoms. The standard InChI is InChI=1S/C6H10N2O2/c1-8-3-4(6(7)10)2-5(8)9/h4H,2-3H2,1H3,(H2,7,10)/t4-/m0/s1. The van der Waals surface area contributed by atoms with E-state index >= 15 is 0 Å². The molecular formula is C6H10N2O2. The molecule has 4 nitrogen and oxygen atoms in total. The van der Waals surface area contributed by atoms with Crippen molar-refractivity contribution >= 4 is 11.8 Å². The molecule has 0 radical (unpaired) electrons. The molecule has 1 heterocycles. The highest BCUT2D eigenvalue weighted by Gasteiger charge is 2.30. The van der Waals surface area contributed by atoms with E-state index in [0.717, 1.165) is 0 Å². The summed E-state index contributed by atoms with van der Waals surface area (Å²) in [5.41, 5.74) is 5.00. The van der Waals surface area contributed by atoms with E-state index in [4.69, 9.17) is 5.73 Å². The SMILES string of the molecule is CN1C[C@@H](C(N)=O)CC1=O. The van der Waals surface area contributed by atoms with Crippen molar-refractivity contribution in [3.63, 3.8) is 0 Å². The zero-order chi connectivity index (χ0) is 7.72. The van der Waals surface area contributed by atoms with Gasteiger partial charge < -0.3 is 10.6 Å². The van der Waals surface area contributed by atoms with Crippen LogP contribution in [0.5, 0.6) is 0 Å². The number of nitrogens with zero attached hydrogens (tertiary/aromatic N) is 1. The molecule has 1 aliphatic rings. The van der Waals surface area contributed by atoms with Crippen molar-refractivity contribution in [2.24, 2.45) is 11.7 Å². The van der Waals surface area contributed by atoms with Crippen molar-refractivity contribution in [1.82, 2.24) is 4.90 Å². The Hall–Kier alpha value is -1.06. The summed E-state index contributed by atoms with van der Waals surface area (Å²) in [4.78, 5) is 22.9. The topological polar surface area (TPSA) is 63.4 Å². The summed E-state index contributed by atoms with van der Waals surface area (Å²) in [7, 11) is 1.67. The van der Waals surface area contributed by atoms with E-state index in [1.807, 2.05) is 0 Å². The van der Waals surface area contributed by atoms with Crippen LogP contribution < -0.4 is 5.73 Å². The highest BCUT2D eigenvalue weighted by atomic mass is 16.2. The van der Waals surface area contributed by atoms with Crippen LogP contribution in [0.3, 0.4) is 0 Å². The first-order valence-corrected chi connectivity index (χ1v) is 3.14. The molecule has 0 spiro atoms. The molecular weight excluding hydrogens is 132 g/mol. The summed E-state index contributed by atoms with van der Waals surface area (Å²) < 4.78 is 0. The maximum Gasteiger partial charge on any atom is 0.223 e. The first-order chi connectivity index (χ1) is 4.61. The fourth-order valence-corrected chi connectivity index (χ4v) is 1.05. The van der Waals surface area contributed by atoms with Crippen molar-refractivity contribution in [2.75, 3.05) is 13.6 Å². The Morgan fingerprint density at radius 3 is 2.60 bits per heavy atom. The molecule has 56 valence electrons. The van der Waals surface area contributed by atoms with E-state index in [1.54, 1.807) is 7.05 Å². The van der Waals surface area contributed by atoms with E-state index in [0.29, 0.717) is 6.54 Å². The molecule has 1 saturated heterocycles. The van der Waals surface area contributed by atoms with Crippen LogP contribution in [0.4, 0.5) is 0 Å². The number of hydrogen-bond acceptors (Lipinski definition) is 2. The highest BCUT2D eigenvalue weighted by Crippen LogP contribution is 2.14. The summed E-state index contributed by atoms with van der Waals surface area (Å²) in [6.07, 6.45) is 0.284. The smallest absolute Gasteiger partial charge is 0.223 e. The molecule has 2 N–H and O–H groups in total. The van der Waals surface area contributed by atoms with Gasteiger partial charge in [-0.15, -0.1) is 0 Å². The zero-order valence-corrected chi connectivity index (χ0v) is 5.83. The minimum atomic E-state index is -0.377. The van der Waals surface area contributed by atoms with Gasteiger partial charge in [0.1, 0.15) is 0 Å². The second-order valence-electron chi connectivity index (χ2n) is 2.58. The molecule has 4 heteroatoms. The summed E-state index contributed by atoms with van der Waals surface area (Å²) in [5.74, 6) is -0.640. The Morgan fingerprint density at radius 2 is 2.40 bits per heavy atom. The van der Waals surface area contributed by atoms with Crippen molar-refractivity contribution in [3.05, 3.63) is 0 Å². The van der Waals surface area contributed by atoms with Crippen LogP contribution in [-0.4, -0.2) is 30.3 Å². The van der Waals surface area contributed by atoms with Crippen molar-refractivity contribution in [3.8, 4) is 0 Å². The molecule has 1 fully saturated rings. The van der Waals surface area contributed by atoms with Gasteiger partial charge in [0, 0.05) is 20.0 Å². The van der Waals surface area contributed by atoms with Gasteiger partial charge >= 0.3 is 0 Å². The number of amides is 2. The molecule has 0 aromatic heterocycles. The third-order valence-electron chi connectivity index (χ3n) is 1.74. The molecule has 0 bridgehead atoms. The molecule has 2 amide bonds. The third-order valence-corrected chi connectivity index (χ3v) is 1.74. The van der Waals surface area contributed by atoms with Gasteiger partial charge in [0.15, 0.2) is 0 Å². The van der Waals surface area contributed by atoms with Crippen LogP contribution in [0.15, 0.2) is 0 Å². The van der Waals surface area contributed by atoms with Gasteiger partial charge in [0.25, 0.3) is 0 Å². The third kappa shape index (κ3) is 1.10. The van der Waals surface area contributed by atoms with E-state index in [9.17, 15) is 9.59 Å². The first kappa shape index (κ1) is 7.05. The normalized spacial score (nSPS) is 25.5. The highest BCUT2D eigenvalue weighted by molar-refractivity contribution is 5.88.